The second-order valence-electron chi connectivity index (χ2n) is 5.53. The molecule has 2 aliphatic heterocycles. The lowest BCUT2D eigenvalue weighted by molar-refractivity contribution is -0.168. The number of hydrogen-bond acceptors (Lipinski definition) is 5. The molecule has 0 aliphatic carbocycles. The summed E-state index contributed by atoms with van der Waals surface area (Å²) in [5.41, 5.74) is -0.268. The summed E-state index contributed by atoms with van der Waals surface area (Å²) >= 11 is 0. The van der Waals surface area contributed by atoms with Gasteiger partial charge in [-0.25, -0.2) is 8.42 Å². The molecule has 6 heteroatoms. The monoisotopic (exact) mass is 289 g/mol. The van der Waals surface area contributed by atoms with Crippen molar-refractivity contribution < 1.29 is 17.9 Å². The Labute approximate surface area is 115 Å². The van der Waals surface area contributed by atoms with E-state index in [4.69, 9.17) is 9.47 Å². The number of morpholine rings is 1. The van der Waals surface area contributed by atoms with E-state index in [0.29, 0.717) is 13.2 Å². The highest BCUT2D eigenvalue weighted by Gasteiger charge is 2.47. The molecule has 0 amide bonds. The molecule has 110 valence electrons. The molecule has 0 N–H and O–H groups in total. The summed E-state index contributed by atoms with van der Waals surface area (Å²) in [6, 6.07) is 0. The maximum absolute atomic E-state index is 11.5. The molecule has 0 radical (unpaired) electrons. The van der Waals surface area contributed by atoms with Gasteiger partial charge >= 0.3 is 0 Å². The van der Waals surface area contributed by atoms with Gasteiger partial charge in [0.2, 0.25) is 0 Å². The minimum atomic E-state index is -3.13. The Kier molecular flexibility index (Phi) is 4.35. The summed E-state index contributed by atoms with van der Waals surface area (Å²) in [5.74, 6) is 0.120. The second kappa shape index (κ2) is 5.52. The Bertz CT molecular complexity index is 436. The molecule has 0 aromatic carbocycles. The Morgan fingerprint density at radius 2 is 2.21 bits per heavy atom. The molecular weight excluding hydrogens is 266 g/mol. The van der Waals surface area contributed by atoms with Crippen LogP contribution >= 0.6 is 0 Å². The fraction of sp³-hybridized carbons (Fsp3) is 0.846. The average molecular weight is 289 g/mol. The lowest BCUT2D eigenvalue weighted by Crippen LogP contribution is -2.58. The van der Waals surface area contributed by atoms with Gasteiger partial charge in [0, 0.05) is 38.1 Å². The second-order valence-corrected chi connectivity index (χ2v) is 7.59. The number of rotatable bonds is 4. The van der Waals surface area contributed by atoms with Crippen LogP contribution in [0.4, 0.5) is 0 Å². The van der Waals surface area contributed by atoms with E-state index in [1.54, 1.807) is 0 Å². The topological polar surface area (TPSA) is 55.8 Å². The first-order valence-corrected chi connectivity index (χ1v) is 8.45. The zero-order valence-electron chi connectivity index (χ0n) is 11.7. The molecule has 1 spiro atoms. The van der Waals surface area contributed by atoms with E-state index in [2.05, 4.69) is 11.5 Å². The third-order valence-electron chi connectivity index (χ3n) is 4.02. The highest BCUT2D eigenvalue weighted by Crippen LogP contribution is 2.34. The highest BCUT2D eigenvalue weighted by molar-refractivity contribution is 7.94. The molecule has 5 nitrogen and oxygen atoms in total. The number of ether oxygens (including phenoxy) is 2. The lowest BCUT2D eigenvalue weighted by Gasteiger charge is -2.45. The van der Waals surface area contributed by atoms with Crippen molar-refractivity contribution in [2.24, 2.45) is 0 Å². The predicted octanol–water partition coefficient (Wildman–Crippen LogP) is 0.813. The minimum absolute atomic E-state index is 0.0637. The van der Waals surface area contributed by atoms with Crippen LogP contribution in [0.2, 0.25) is 0 Å². The van der Waals surface area contributed by atoms with E-state index < -0.39 is 9.84 Å². The van der Waals surface area contributed by atoms with Crippen LogP contribution < -0.4 is 0 Å². The van der Waals surface area contributed by atoms with E-state index >= 15 is 0 Å². The minimum Gasteiger partial charge on any atom is -0.375 e. The normalized spacial score (nSPS) is 36.7. The van der Waals surface area contributed by atoms with Crippen LogP contribution in [0, 0.1) is 0 Å². The first kappa shape index (κ1) is 15.0. The SMILES string of the molecule is C=CS(=O)(=O)CCN1CC(C)OC2(CCOC2C)C1. The van der Waals surface area contributed by atoms with Gasteiger partial charge in [0.1, 0.15) is 5.60 Å². The summed E-state index contributed by atoms with van der Waals surface area (Å²) in [7, 11) is -3.13. The highest BCUT2D eigenvalue weighted by atomic mass is 32.2. The van der Waals surface area contributed by atoms with Crippen LogP contribution in [0.25, 0.3) is 0 Å². The van der Waals surface area contributed by atoms with Crippen LogP contribution in [0.3, 0.4) is 0 Å². The summed E-state index contributed by atoms with van der Waals surface area (Å²) in [4.78, 5) is 2.17. The van der Waals surface area contributed by atoms with E-state index in [-0.39, 0.29) is 23.6 Å². The van der Waals surface area contributed by atoms with Gasteiger partial charge in [-0.15, -0.1) is 0 Å². The molecular formula is C13H23NO4S. The Balaban J connectivity index is 2.00. The van der Waals surface area contributed by atoms with E-state index in [9.17, 15) is 8.42 Å². The smallest absolute Gasteiger partial charge is 0.172 e. The van der Waals surface area contributed by atoms with Crippen LogP contribution in [-0.4, -0.2) is 63.1 Å². The van der Waals surface area contributed by atoms with E-state index in [1.807, 2.05) is 13.8 Å². The third kappa shape index (κ3) is 3.37. The fourth-order valence-electron chi connectivity index (χ4n) is 2.92. The largest absolute Gasteiger partial charge is 0.375 e. The van der Waals surface area contributed by atoms with Crippen LogP contribution in [-0.2, 0) is 19.3 Å². The standard InChI is InChI=1S/C13H23NO4S/c1-4-19(15,16)8-6-14-9-11(2)18-13(10-14)5-7-17-12(13)3/h4,11-12H,1,5-10H2,2-3H3. The van der Waals surface area contributed by atoms with Gasteiger partial charge in [0.05, 0.1) is 18.0 Å². The molecule has 2 rings (SSSR count). The Morgan fingerprint density at radius 3 is 2.79 bits per heavy atom. The van der Waals surface area contributed by atoms with Gasteiger partial charge in [-0.1, -0.05) is 6.58 Å². The van der Waals surface area contributed by atoms with Crippen molar-refractivity contribution in [3.63, 3.8) is 0 Å². The molecule has 0 saturated carbocycles. The summed E-state index contributed by atoms with van der Waals surface area (Å²) in [5, 5.41) is 1.04. The van der Waals surface area contributed by atoms with Crippen molar-refractivity contribution in [3.05, 3.63) is 12.0 Å². The van der Waals surface area contributed by atoms with Gasteiger partial charge in [0.15, 0.2) is 9.84 Å². The molecule has 19 heavy (non-hydrogen) atoms. The van der Waals surface area contributed by atoms with Crippen LogP contribution in [0.5, 0.6) is 0 Å². The van der Waals surface area contributed by atoms with Crippen molar-refractivity contribution in [2.75, 3.05) is 32.0 Å². The van der Waals surface area contributed by atoms with Crippen molar-refractivity contribution in [3.8, 4) is 0 Å². The zero-order valence-corrected chi connectivity index (χ0v) is 12.5. The third-order valence-corrected chi connectivity index (χ3v) is 5.28. The predicted molar refractivity (Wildman–Crippen MR) is 73.7 cm³/mol. The summed E-state index contributed by atoms with van der Waals surface area (Å²) in [6.07, 6.45) is 1.04. The summed E-state index contributed by atoms with van der Waals surface area (Å²) in [6.45, 7) is 10.1. The van der Waals surface area contributed by atoms with Crippen LogP contribution in [0.15, 0.2) is 12.0 Å². The van der Waals surface area contributed by atoms with Gasteiger partial charge in [-0.05, 0) is 13.8 Å². The average Bonchev–Trinajstić information content (AvgIpc) is 2.67. The number of sulfone groups is 1. The molecule has 2 heterocycles. The summed E-state index contributed by atoms with van der Waals surface area (Å²) < 4.78 is 34.7. The lowest BCUT2D eigenvalue weighted by atomic mass is 9.93. The zero-order chi connectivity index (χ0) is 14.1. The maximum atomic E-state index is 11.5. The first-order chi connectivity index (χ1) is 8.87. The molecule has 0 aromatic heterocycles. The van der Waals surface area contributed by atoms with Crippen molar-refractivity contribution in [1.82, 2.24) is 4.90 Å². The van der Waals surface area contributed by atoms with Crippen molar-refractivity contribution in [2.45, 2.75) is 38.1 Å². The van der Waals surface area contributed by atoms with Crippen LogP contribution in [0.1, 0.15) is 20.3 Å². The first-order valence-electron chi connectivity index (χ1n) is 6.74. The molecule has 2 fully saturated rings. The molecule has 2 saturated heterocycles. The van der Waals surface area contributed by atoms with Crippen molar-refractivity contribution in [1.29, 1.82) is 0 Å². The number of hydrogen-bond donors (Lipinski definition) is 0. The fourth-order valence-corrected chi connectivity index (χ4v) is 3.60. The molecule has 0 bridgehead atoms. The molecule has 3 unspecified atom stereocenters. The Hall–Kier alpha value is -0.430. The van der Waals surface area contributed by atoms with E-state index in [0.717, 1.165) is 24.9 Å². The Morgan fingerprint density at radius 1 is 1.47 bits per heavy atom. The van der Waals surface area contributed by atoms with Crippen molar-refractivity contribution >= 4 is 9.84 Å². The van der Waals surface area contributed by atoms with E-state index in [1.165, 1.54) is 0 Å². The molecule has 2 aliphatic rings. The van der Waals surface area contributed by atoms with Gasteiger partial charge in [0.25, 0.3) is 0 Å². The van der Waals surface area contributed by atoms with Gasteiger partial charge < -0.3 is 9.47 Å². The maximum Gasteiger partial charge on any atom is 0.172 e. The number of nitrogens with zero attached hydrogens (tertiary/aromatic N) is 1. The molecule has 0 aromatic rings. The quantitative estimate of drug-likeness (QED) is 0.767. The van der Waals surface area contributed by atoms with Gasteiger partial charge in [-0.2, -0.15) is 0 Å². The van der Waals surface area contributed by atoms with Gasteiger partial charge in [-0.3, -0.25) is 4.90 Å². The molecule has 3 atom stereocenters.